The molecule has 0 aromatic rings. The van der Waals surface area contributed by atoms with Crippen LogP contribution >= 0.6 is 0 Å². The second-order valence-corrected chi connectivity index (χ2v) is 1.66. The first-order valence-electron chi connectivity index (χ1n) is 2.58. The summed E-state index contributed by atoms with van der Waals surface area (Å²) < 4.78 is 4.27. The Labute approximate surface area is 58.9 Å². The lowest BCUT2D eigenvalue weighted by Crippen LogP contribution is -2.09. The number of methoxy groups -OCH3 is 1. The van der Waals surface area contributed by atoms with Crippen LogP contribution in [-0.2, 0) is 9.53 Å². The van der Waals surface area contributed by atoms with Crippen molar-refractivity contribution in [1.29, 1.82) is 5.26 Å². The standard InChI is InChI=1S/C6H8N2O2/c1-4(8)5(3-7)6(9)10-2/h8H2,1-2H3/b5-4+. The molecule has 0 aliphatic heterocycles. The van der Waals surface area contributed by atoms with E-state index in [2.05, 4.69) is 4.74 Å². The van der Waals surface area contributed by atoms with Crippen molar-refractivity contribution in [3.05, 3.63) is 11.3 Å². The number of allylic oxidation sites excluding steroid dienone is 1. The van der Waals surface area contributed by atoms with Crippen LogP contribution in [0.25, 0.3) is 0 Å². The molecule has 0 bridgehead atoms. The van der Waals surface area contributed by atoms with Crippen molar-refractivity contribution in [3.63, 3.8) is 0 Å². The molecule has 0 rings (SSSR count). The predicted molar refractivity (Wildman–Crippen MR) is 34.5 cm³/mol. The third-order valence-corrected chi connectivity index (χ3v) is 0.896. The topological polar surface area (TPSA) is 76.1 Å². The van der Waals surface area contributed by atoms with Gasteiger partial charge in [-0.3, -0.25) is 0 Å². The van der Waals surface area contributed by atoms with Gasteiger partial charge in [-0.05, 0) is 6.92 Å². The van der Waals surface area contributed by atoms with Gasteiger partial charge in [-0.25, -0.2) is 4.79 Å². The van der Waals surface area contributed by atoms with Crippen LogP contribution in [0.4, 0.5) is 0 Å². The predicted octanol–water partition coefficient (Wildman–Crippen LogP) is -0.0843. The highest BCUT2D eigenvalue weighted by molar-refractivity contribution is 5.93. The van der Waals surface area contributed by atoms with Gasteiger partial charge in [0.25, 0.3) is 0 Å². The Morgan fingerprint density at radius 1 is 1.70 bits per heavy atom. The zero-order chi connectivity index (χ0) is 8.15. The van der Waals surface area contributed by atoms with Gasteiger partial charge in [-0.15, -0.1) is 0 Å². The first-order valence-corrected chi connectivity index (χ1v) is 2.58. The molecule has 0 fully saturated rings. The molecule has 0 saturated heterocycles. The summed E-state index contributed by atoms with van der Waals surface area (Å²) in [6.45, 7) is 1.47. The summed E-state index contributed by atoms with van der Waals surface area (Å²) in [6.07, 6.45) is 0. The van der Waals surface area contributed by atoms with Crippen molar-refractivity contribution < 1.29 is 9.53 Å². The largest absolute Gasteiger partial charge is 0.465 e. The zero-order valence-corrected chi connectivity index (χ0v) is 5.84. The van der Waals surface area contributed by atoms with Gasteiger partial charge < -0.3 is 10.5 Å². The molecule has 4 heteroatoms. The van der Waals surface area contributed by atoms with Crippen LogP contribution in [0.5, 0.6) is 0 Å². The molecule has 0 saturated carbocycles. The van der Waals surface area contributed by atoms with Crippen molar-refractivity contribution in [2.24, 2.45) is 5.73 Å². The average Bonchev–Trinajstić information content (AvgIpc) is 1.88. The first-order chi connectivity index (χ1) is 4.63. The van der Waals surface area contributed by atoms with Crippen LogP contribution in [0.3, 0.4) is 0 Å². The number of carbonyl (C=O) groups excluding carboxylic acids is 1. The number of esters is 1. The summed E-state index contributed by atoms with van der Waals surface area (Å²) >= 11 is 0. The van der Waals surface area contributed by atoms with Gasteiger partial charge in [0.2, 0.25) is 0 Å². The molecule has 0 aliphatic rings. The van der Waals surface area contributed by atoms with Crippen molar-refractivity contribution in [2.45, 2.75) is 6.92 Å². The molecule has 0 spiro atoms. The van der Waals surface area contributed by atoms with Crippen molar-refractivity contribution >= 4 is 5.97 Å². The van der Waals surface area contributed by atoms with Gasteiger partial charge in [-0.2, -0.15) is 5.26 Å². The maximum atomic E-state index is 10.6. The molecular weight excluding hydrogens is 132 g/mol. The second-order valence-electron chi connectivity index (χ2n) is 1.66. The maximum absolute atomic E-state index is 10.6. The molecular formula is C6H8N2O2. The molecule has 0 unspecified atom stereocenters. The number of nitriles is 1. The minimum atomic E-state index is -0.692. The lowest BCUT2D eigenvalue weighted by molar-refractivity contribution is -0.135. The quantitative estimate of drug-likeness (QED) is 0.314. The van der Waals surface area contributed by atoms with Gasteiger partial charge in [0, 0.05) is 5.70 Å². The summed E-state index contributed by atoms with van der Waals surface area (Å²) in [6, 6.07) is 1.63. The molecule has 0 aromatic heterocycles. The fourth-order valence-corrected chi connectivity index (χ4v) is 0.397. The monoisotopic (exact) mass is 140 g/mol. The molecule has 54 valence electrons. The average molecular weight is 140 g/mol. The van der Waals surface area contributed by atoms with Gasteiger partial charge in [0.1, 0.15) is 6.07 Å². The second kappa shape index (κ2) is 3.51. The number of rotatable bonds is 1. The number of nitrogens with zero attached hydrogens (tertiary/aromatic N) is 1. The molecule has 0 amide bonds. The summed E-state index contributed by atoms with van der Waals surface area (Å²) in [5, 5.41) is 8.31. The molecule has 0 heterocycles. The van der Waals surface area contributed by atoms with Crippen LogP contribution in [0.2, 0.25) is 0 Å². The van der Waals surface area contributed by atoms with Crippen molar-refractivity contribution in [1.82, 2.24) is 0 Å². The fourth-order valence-electron chi connectivity index (χ4n) is 0.397. The fraction of sp³-hybridized carbons (Fsp3) is 0.333. The molecule has 4 nitrogen and oxygen atoms in total. The van der Waals surface area contributed by atoms with Gasteiger partial charge in [0.15, 0.2) is 5.57 Å². The Hall–Kier alpha value is -1.50. The molecule has 2 N–H and O–H groups in total. The van der Waals surface area contributed by atoms with Crippen LogP contribution in [0, 0.1) is 11.3 Å². The van der Waals surface area contributed by atoms with E-state index < -0.39 is 5.97 Å². The Bertz CT molecular complexity index is 208. The van der Waals surface area contributed by atoms with Crippen molar-refractivity contribution in [2.75, 3.05) is 7.11 Å². The lowest BCUT2D eigenvalue weighted by Gasteiger charge is -1.96. The Morgan fingerprint density at radius 3 is 2.30 bits per heavy atom. The summed E-state index contributed by atoms with van der Waals surface area (Å²) in [4.78, 5) is 10.6. The number of ether oxygens (including phenoxy) is 1. The summed E-state index contributed by atoms with van der Waals surface area (Å²) in [7, 11) is 1.20. The SMILES string of the molecule is COC(=O)/C(C#N)=C(\C)N. The summed E-state index contributed by atoms with van der Waals surface area (Å²) in [5.74, 6) is -0.692. The molecule has 0 atom stereocenters. The number of hydrogen-bond donors (Lipinski definition) is 1. The van der Waals surface area contributed by atoms with E-state index in [0.717, 1.165) is 0 Å². The van der Waals surface area contributed by atoms with E-state index in [0.29, 0.717) is 0 Å². The van der Waals surface area contributed by atoms with Crippen LogP contribution < -0.4 is 5.73 Å². The van der Waals surface area contributed by atoms with E-state index in [9.17, 15) is 4.79 Å². The van der Waals surface area contributed by atoms with Gasteiger partial charge in [-0.1, -0.05) is 0 Å². The molecule has 0 radical (unpaired) electrons. The van der Waals surface area contributed by atoms with Crippen LogP contribution in [-0.4, -0.2) is 13.1 Å². The van der Waals surface area contributed by atoms with E-state index in [1.807, 2.05) is 0 Å². The molecule has 0 aromatic carbocycles. The Morgan fingerprint density at radius 2 is 2.20 bits per heavy atom. The van der Waals surface area contributed by atoms with Gasteiger partial charge in [0.05, 0.1) is 7.11 Å². The van der Waals surface area contributed by atoms with Crippen LogP contribution in [0.15, 0.2) is 11.3 Å². The summed E-state index contributed by atoms with van der Waals surface area (Å²) in [5.41, 5.74) is 5.22. The smallest absolute Gasteiger partial charge is 0.350 e. The van der Waals surface area contributed by atoms with E-state index in [1.165, 1.54) is 14.0 Å². The Kier molecular flexibility index (Phi) is 2.98. The highest BCUT2D eigenvalue weighted by atomic mass is 16.5. The molecule has 0 aliphatic carbocycles. The highest BCUT2D eigenvalue weighted by Gasteiger charge is 2.09. The maximum Gasteiger partial charge on any atom is 0.350 e. The third kappa shape index (κ3) is 1.78. The lowest BCUT2D eigenvalue weighted by atomic mass is 10.2. The van der Waals surface area contributed by atoms with Crippen LogP contribution in [0.1, 0.15) is 6.92 Å². The molecule has 10 heavy (non-hydrogen) atoms. The van der Waals surface area contributed by atoms with E-state index >= 15 is 0 Å². The first kappa shape index (κ1) is 8.50. The number of carbonyl (C=O) groups is 1. The zero-order valence-electron chi connectivity index (χ0n) is 5.84. The minimum absolute atomic E-state index is 0.137. The normalized spacial score (nSPS) is 11.3. The van der Waals surface area contributed by atoms with E-state index in [1.54, 1.807) is 6.07 Å². The number of nitrogens with two attached hydrogens (primary N) is 1. The highest BCUT2D eigenvalue weighted by Crippen LogP contribution is 1.98. The number of hydrogen-bond acceptors (Lipinski definition) is 4. The van der Waals surface area contributed by atoms with Crippen molar-refractivity contribution in [3.8, 4) is 6.07 Å². The Balaban J connectivity index is 4.59. The van der Waals surface area contributed by atoms with Gasteiger partial charge >= 0.3 is 5.97 Å². The van der Waals surface area contributed by atoms with E-state index in [4.69, 9.17) is 11.0 Å². The van der Waals surface area contributed by atoms with E-state index in [-0.39, 0.29) is 11.3 Å². The minimum Gasteiger partial charge on any atom is -0.465 e. The third-order valence-electron chi connectivity index (χ3n) is 0.896.